The van der Waals surface area contributed by atoms with E-state index in [1.54, 1.807) is 25.2 Å². The number of anilines is 1. The predicted octanol–water partition coefficient (Wildman–Crippen LogP) is 2.27. The molecule has 2 aromatic heterocycles. The van der Waals surface area contributed by atoms with Gasteiger partial charge in [0.25, 0.3) is 5.56 Å². The summed E-state index contributed by atoms with van der Waals surface area (Å²) in [6.07, 6.45) is 7.44. The number of carbonyl (C=O) groups is 1. The van der Waals surface area contributed by atoms with E-state index >= 15 is 0 Å². The Morgan fingerprint density at radius 1 is 1.26 bits per heavy atom. The molecule has 0 aliphatic carbocycles. The van der Waals surface area contributed by atoms with Gasteiger partial charge in [0, 0.05) is 38.3 Å². The summed E-state index contributed by atoms with van der Waals surface area (Å²) in [6.45, 7) is 1.28. The minimum Gasteiger partial charge on any atom is -0.381 e. The van der Waals surface area contributed by atoms with Gasteiger partial charge in [0.05, 0.1) is 29.2 Å². The lowest BCUT2D eigenvalue weighted by molar-refractivity contribution is -0.119. The Labute approximate surface area is 156 Å². The first-order valence-electron chi connectivity index (χ1n) is 9.04. The summed E-state index contributed by atoms with van der Waals surface area (Å²) in [5.74, 6) is -0.0781. The molecule has 1 fully saturated rings. The van der Waals surface area contributed by atoms with Crippen molar-refractivity contribution in [3.05, 3.63) is 59.4 Å². The molecular formula is C20H22N4O3. The van der Waals surface area contributed by atoms with Crippen LogP contribution in [-0.2, 0) is 22.1 Å². The molecule has 1 aliphatic rings. The van der Waals surface area contributed by atoms with Crippen LogP contribution in [-0.4, -0.2) is 33.2 Å². The van der Waals surface area contributed by atoms with Gasteiger partial charge in [-0.25, -0.2) is 4.98 Å². The number of nitrogens with zero attached hydrogens (tertiary/aromatic N) is 3. The molecule has 3 aromatic rings. The van der Waals surface area contributed by atoms with Gasteiger partial charge < -0.3 is 19.2 Å². The number of aryl methyl sites for hydroxylation is 1. The van der Waals surface area contributed by atoms with Crippen LogP contribution in [0.4, 0.5) is 5.69 Å². The average molecular weight is 366 g/mol. The second-order valence-electron chi connectivity index (χ2n) is 7.04. The van der Waals surface area contributed by atoms with E-state index in [0.717, 1.165) is 12.8 Å². The Kier molecular flexibility index (Phi) is 4.53. The van der Waals surface area contributed by atoms with Gasteiger partial charge in [0.15, 0.2) is 0 Å². The summed E-state index contributed by atoms with van der Waals surface area (Å²) in [6, 6.07) is 9.17. The molecule has 1 N–H and O–H groups in total. The summed E-state index contributed by atoms with van der Waals surface area (Å²) in [5, 5.41) is 3.44. The lowest BCUT2D eigenvalue weighted by Crippen LogP contribution is -2.42. The number of hydrogen-bond donors (Lipinski definition) is 1. The summed E-state index contributed by atoms with van der Waals surface area (Å²) in [7, 11) is 1.66. The Morgan fingerprint density at radius 3 is 2.74 bits per heavy atom. The molecular weight excluding hydrogens is 344 g/mol. The number of amides is 1. The monoisotopic (exact) mass is 366 g/mol. The van der Waals surface area contributed by atoms with Crippen LogP contribution in [0.5, 0.6) is 0 Å². The maximum atomic E-state index is 12.8. The van der Waals surface area contributed by atoms with Crippen molar-refractivity contribution in [2.75, 3.05) is 18.5 Å². The van der Waals surface area contributed by atoms with E-state index in [1.165, 1.54) is 10.9 Å². The quantitative estimate of drug-likeness (QED) is 0.768. The lowest BCUT2D eigenvalue weighted by Gasteiger charge is -2.38. The number of aromatic nitrogens is 3. The van der Waals surface area contributed by atoms with Crippen molar-refractivity contribution in [3.8, 4) is 0 Å². The largest absolute Gasteiger partial charge is 0.381 e. The molecule has 1 amide bonds. The van der Waals surface area contributed by atoms with Crippen LogP contribution in [0.2, 0.25) is 0 Å². The molecule has 27 heavy (non-hydrogen) atoms. The normalized spacial score (nSPS) is 16.3. The molecule has 3 heterocycles. The zero-order chi connectivity index (χ0) is 18.9. The third-order valence-corrected chi connectivity index (χ3v) is 5.27. The van der Waals surface area contributed by atoms with Gasteiger partial charge in [-0.15, -0.1) is 0 Å². The fourth-order valence-electron chi connectivity index (χ4n) is 3.72. The van der Waals surface area contributed by atoms with Crippen LogP contribution in [0.1, 0.15) is 19.3 Å². The average Bonchev–Trinajstić information content (AvgIpc) is 3.21. The number of hydrogen-bond acceptors (Lipinski definition) is 4. The number of rotatable bonds is 4. The molecule has 0 bridgehead atoms. The first-order chi connectivity index (χ1) is 13.1. The highest BCUT2D eigenvalue weighted by Gasteiger charge is 2.36. The summed E-state index contributed by atoms with van der Waals surface area (Å²) in [4.78, 5) is 29.3. The molecule has 4 rings (SSSR count). The highest BCUT2D eigenvalue weighted by molar-refractivity contribution is 5.93. The van der Waals surface area contributed by atoms with Crippen LogP contribution < -0.4 is 10.9 Å². The van der Waals surface area contributed by atoms with Gasteiger partial charge in [0.2, 0.25) is 5.91 Å². The second kappa shape index (κ2) is 7.00. The van der Waals surface area contributed by atoms with E-state index < -0.39 is 0 Å². The number of carbonyl (C=O) groups excluding carboxylic acids is 1. The first-order valence-corrected chi connectivity index (χ1v) is 9.04. The number of nitrogens with one attached hydrogen (secondary N) is 1. The van der Waals surface area contributed by atoms with Crippen molar-refractivity contribution in [3.63, 3.8) is 0 Å². The number of fused-ring (bicyclic) bond motifs is 1. The van der Waals surface area contributed by atoms with Crippen molar-refractivity contribution in [2.45, 2.75) is 24.8 Å². The molecule has 0 unspecified atom stereocenters. The van der Waals surface area contributed by atoms with Gasteiger partial charge in [-0.2, -0.15) is 0 Å². The summed E-state index contributed by atoms with van der Waals surface area (Å²) in [5.41, 5.74) is 0.807. The maximum absolute atomic E-state index is 12.8. The van der Waals surface area contributed by atoms with Crippen LogP contribution in [0.3, 0.4) is 0 Å². The lowest BCUT2D eigenvalue weighted by atomic mass is 9.86. The molecule has 7 heteroatoms. The van der Waals surface area contributed by atoms with Crippen LogP contribution in [0.15, 0.2) is 53.8 Å². The van der Waals surface area contributed by atoms with Crippen LogP contribution in [0.25, 0.3) is 10.9 Å². The fourth-order valence-corrected chi connectivity index (χ4v) is 3.72. The van der Waals surface area contributed by atoms with Crippen LogP contribution in [0, 0.1) is 0 Å². The molecule has 0 saturated carbocycles. The molecule has 0 atom stereocenters. The fraction of sp³-hybridized carbons (Fsp3) is 0.350. The number of ether oxygens (including phenoxy) is 1. The Hall–Kier alpha value is -2.93. The zero-order valence-corrected chi connectivity index (χ0v) is 15.2. The topological polar surface area (TPSA) is 78.2 Å². The standard InChI is InChI=1S/C20H22N4O3/c1-23-14-21-17-5-4-15(12-16(17)19(23)26)22-18(25)13-20(6-10-27-11-7-20)24-8-2-3-9-24/h2-5,8-9,12,14H,6-7,10-11,13H2,1H3,(H,22,25). The summed E-state index contributed by atoms with van der Waals surface area (Å²) < 4.78 is 9.05. The smallest absolute Gasteiger partial charge is 0.260 e. The van der Waals surface area contributed by atoms with E-state index in [4.69, 9.17) is 4.74 Å². The van der Waals surface area contributed by atoms with E-state index in [2.05, 4.69) is 14.9 Å². The van der Waals surface area contributed by atoms with Crippen molar-refractivity contribution in [1.29, 1.82) is 0 Å². The van der Waals surface area contributed by atoms with E-state index in [-0.39, 0.29) is 17.0 Å². The van der Waals surface area contributed by atoms with Crippen molar-refractivity contribution >= 4 is 22.5 Å². The Balaban J connectivity index is 1.57. The van der Waals surface area contributed by atoms with E-state index in [9.17, 15) is 9.59 Å². The molecule has 1 aromatic carbocycles. The predicted molar refractivity (Wildman–Crippen MR) is 103 cm³/mol. The third kappa shape index (κ3) is 3.38. The van der Waals surface area contributed by atoms with Crippen molar-refractivity contribution < 1.29 is 9.53 Å². The highest BCUT2D eigenvalue weighted by atomic mass is 16.5. The molecule has 0 spiro atoms. The molecule has 0 radical (unpaired) electrons. The third-order valence-electron chi connectivity index (χ3n) is 5.27. The second-order valence-corrected chi connectivity index (χ2v) is 7.04. The zero-order valence-electron chi connectivity index (χ0n) is 15.2. The van der Waals surface area contributed by atoms with Gasteiger partial charge in [-0.05, 0) is 43.2 Å². The van der Waals surface area contributed by atoms with E-state index in [0.29, 0.717) is 36.2 Å². The first kappa shape index (κ1) is 17.5. The molecule has 1 saturated heterocycles. The van der Waals surface area contributed by atoms with Gasteiger partial charge in [0.1, 0.15) is 0 Å². The van der Waals surface area contributed by atoms with Gasteiger partial charge in [-0.1, -0.05) is 0 Å². The van der Waals surface area contributed by atoms with Gasteiger partial charge in [-0.3, -0.25) is 9.59 Å². The Bertz CT molecular complexity index is 1020. The molecule has 1 aliphatic heterocycles. The maximum Gasteiger partial charge on any atom is 0.260 e. The molecule has 7 nitrogen and oxygen atoms in total. The number of benzene rings is 1. The van der Waals surface area contributed by atoms with E-state index in [1.807, 2.05) is 24.5 Å². The van der Waals surface area contributed by atoms with Crippen molar-refractivity contribution in [1.82, 2.24) is 14.1 Å². The Morgan fingerprint density at radius 2 is 2.00 bits per heavy atom. The van der Waals surface area contributed by atoms with Gasteiger partial charge >= 0.3 is 0 Å². The minimum absolute atomic E-state index is 0.0781. The van der Waals surface area contributed by atoms with Crippen molar-refractivity contribution in [2.24, 2.45) is 7.05 Å². The highest BCUT2D eigenvalue weighted by Crippen LogP contribution is 2.33. The SMILES string of the molecule is Cn1cnc2ccc(NC(=O)CC3(n4cccc4)CCOCC3)cc2c1=O. The minimum atomic E-state index is -0.277. The molecule has 140 valence electrons. The summed E-state index contributed by atoms with van der Waals surface area (Å²) >= 11 is 0. The van der Waals surface area contributed by atoms with Crippen LogP contribution >= 0.6 is 0 Å².